The highest BCUT2D eigenvalue weighted by Gasteiger charge is 2.25. The van der Waals surface area contributed by atoms with Gasteiger partial charge in [0.25, 0.3) is 5.91 Å². The van der Waals surface area contributed by atoms with Gasteiger partial charge in [0.1, 0.15) is 5.52 Å². The van der Waals surface area contributed by atoms with Crippen LogP contribution in [0.15, 0.2) is 34.8 Å². The fourth-order valence-electron chi connectivity index (χ4n) is 2.69. The van der Waals surface area contributed by atoms with Crippen LogP contribution in [-0.2, 0) is 0 Å². The Morgan fingerprint density at radius 1 is 1.50 bits per heavy atom. The first-order chi connectivity index (χ1) is 9.69. The van der Waals surface area contributed by atoms with Crippen molar-refractivity contribution in [3.63, 3.8) is 0 Å². The van der Waals surface area contributed by atoms with E-state index in [4.69, 9.17) is 4.42 Å². The van der Waals surface area contributed by atoms with Crippen LogP contribution in [0.4, 0.5) is 0 Å². The van der Waals surface area contributed by atoms with Gasteiger partial charge >= 0.3 is 0 Å². The first kappa shape index (κ1) is 12.9. The number of aryl methyl sites for hydroxylation is 1. The van der Waals surface area contributed by atoms with Gasteiger partial charge in [0.05, 0.1) is 6.04 Å². The number of aromatic nitrogens is 1. The molecular weight excluding hydrogens is 252 g/mol. The molecule has 3 rings (SSSR count). The lowest BCUT2D eigenvalue weighted by Gasteiger charge is -2.24. The summed E-state index contributed by atoms with van der Waals surface area (Å²) < 4.78 is 5.50. The van der Waals surface area contributed by atoms with Gasteiger partial charge in [-0.3, -0.25) is 4.79 Å². The molecule has 0 saturated heterocycles. The molecule has 1 atom stereocenters. The zero-order chi connectivity index (χ0) is 14.1. The molecule has 4 heteroatoms. The summed E-state index contributed by atoms with van der Waals surface area (Å²) in [6.45, 7) is 4.64. The van der Waals surface area contributed by atoms with E-state index in [1.807, 2.05) is 24.0 Å². The smallest absolute Gasteiger partial charge is 0.254 e. The second-order valence-electron chi connectivity index (χ2n) is 5.16. The maximum absolute atomic E-state index is 12.6. The Bertz CT molecular complexity index is 672. The SMILES string of the molecule is CCC[C@H]1C=CCN1C(=O)c1ccc2nc(C)oc2c1. The number of carbonyl (C=O) groups excluding carboxylic acids is 1. The number of hydrogen-bond acceptors (Lipinski definition) is 3. The van der Waals surface area contributed by atoms with Crippen LogP contribution in [0, 0.1) is 6.92 Å². The summed E-state index contributed by atoms with van der Waals surface area (Å²) in [6, 6.07) is 5.68. The first-order valence-corrected chi connectivity index (χ1v) is 7.04. The topological polar surface area (TPSA) is 46.3 Å². The maximum atomic E-state index is 12.6. The Balaban J connectivity index is 1.88. The monoisotopic (exact) mass is 270 g/mol. The molecule has 1 amide bonds. The molecule has 1 aromatic heterocycles. The average Bonchev–Trinajstić information content (AvgIpc) is 3.02. The second-order valence-corrected chi connectivity index (χ2v) is 5.16. The lowest BCUT2D eigenvalue weighted by atomic mass is 10.1. The van der Waals surface area contributed by atoms with Gasteiger partial charge in [0, 0.05) is 19.0 Å². The van der Waals surface area contributed by atoms with Gasteiger partial charge in [-0.25, -0.2) is 4.98 Å². The van der Waals surface area contributed by atoms with Gasteiger partial charge in [-0.2, -0.15) is 0 Å². The predicted octanol–water partition coefficient (Wildman–Crippen LogP) is 3.32. The number of rotatable bonds is 3. The highest BCUT2D eigenvalue weighted by Crippen LogP contribution is 2.21. The van der Waals surface area contributed by atoms with E-state index < -0.39 is 0 Å². The van der Waals surface area contributed by atoms with Crippen molar-refractivity contribution in [1.82, 2.24) is 9.88 Å². The quantitative estimate of drug-likeness (QED) is 0.804. The third-order valence-corrected chi connectivity index (χ3v) is 3.65. The van der Waals surface area contributed by atoms with Crippen LogP contribution in [-0.4, -0.2) is 28.4 Å². The van der Waals surface area contributed by atoms with Crippen molar-refractivity contribution in [2.24, 2.45) is 0 Å². The van der Waals surface area contributed by atoms with Crippen molar-refractivity contribution >= 4 is 17.0 Å². The van der Waals surface area contributed by atoms with E-state index in [1.165, 1.54) is 0 Å². The Kier molecular flexibility index (Phi) is 3.30. The van der Waals surface area contributed by atoms with Gasteiger partial charge in [0.15, 0.2) is 11.5 Å². The highest BCUT2D eigenvalue weighted by molar-refractivity contribution is 5.97. The van der Waals surface area contributed by atoms with E-state index in [0.29, 0.717) is 23.6 Å². The molecule has 104 valence electrons. The first-order valence-electron chi connectivity index (χ1n) is 7.04. The molecule has 0 unspecified atom stereocenters. The molecule has 0 saturated carbocycles. The number of amides is 1. The molecule has 1 aliphatic rings. The Hall–Kier alpha value is -2.10. The summed E-state index contributed by atoms with van der Waals surface area (Å²) in [5.74, 6) is 0.681. The summed E-state index contributed by atoms with van der Waals surface area (Å²) in [7, 11) is 0. The third kappa shape index (κ3) is 2.22. The molecule has 0 N–H and O–H groups in total. The summed E-state index contributed by atoms with van der Waals surface area (Å²) in [5.41, 5.74) is 2.13. The summed E-state index contributed by atoms with van der Waals surface area (Å²) in [6.07, 6.45) is 6.26. The number of benzene rings is 1. The van der Waals surface area contributed by atoms with Crippen LogP contribution in [0.2, 0.25) is 0 Å². The minimum Gasteiger partial charge on any atom is -0.441 e. The number of nitrogens with zero attached hydrogens (tertiary/aromatic N) is 2. The van der Waals surface area contributed by atoms with E-state index in [2.05, 4.69) is 24.1 Å². The van der Waals surface area contributed by atoms with Gasteiger partial charge in [0.2, 0.25) is 0 Å². The molecule has 0 bridgehead atoms. The molecule has 0 radical (unpaired) electrons. The van der Waals surface area contributed by atoms with E-state index in [9.17, 15) is 4.79 Å². The normalized spacial score (nSPS) is 18.1. The lowest BCUT2D eigenvalue weighted by molar-refractivity contribution is 0.0744. The second kappa shape index (κ2) is 5.12. The number of oxazole rings is 1. The lowest BCUT2D eigenvalue weighted by Crippen LogP contribution is -2.35. The summed E-state index contributed by atoms with van der Waals surface area (Å²) in [5, 5.41) is 0. The van der Waals surface area contributed by atoms with Crippen LogP contribution >= 0.6 is 0 Å². The highest BCUT2D eigenvalue weighted by atomic mass is 16.3. The van der Waals surface area contributed by atoms with Crippen LogP contribution in [0.25, 0.3) is 11.1 Å². The van der Waals surface area contributed by atoms with Crippen molar-refractivity contribution in [2.45, 2.75) is 32.7 Å². The molecule has 0 fully saturated rings. The summed E-state index contributed by atoms with van der Waals surface area (Å²) in [4.78, 5) is 18.8. The zero-order valence-corrected chi connectivity index (χ0v) is 11.8. The maximum Gasteiger partial charge on any atom is 0.254 e. The Labute approximate surface area is 118 Å². The average molecular weight is 270 g/mol. The Morgan fingerprint density at radius 2 is 2.35 bits per heavy atom. The molecule has 1 aliphatic heterocycles. The van der Waals surface area contributed by atoms with Crippen molar-refractivity contribution < 1.29 is 9.21 Å². The molecular formula is C16H18N2O2. The third-order valence-electron chi connectivity index (χ3n) is 3.65. The van der Waals surface area contributed by atoms with E-state index in [-0.39, 0.29) is 11.9 Å². The van der Waals surface area contributed by atoms with E-state index in [1.54, 1.807) is 6.07 Å². The minimum atomic E-state index is 0.0596. The molecule has 1 aromatic carbocycles. The van der Waals surface area contributed by atoms with Crippen LogP contribution < -0.4 is 0 Å². The Morgan fingerprint density at radius 3 is 3.15 bits per heavy atom. The van der Waals surface area contributed by atoms with Crippen LogP contribution in [0.1, 0.15) is 36.0 Å². The fraction of sp³-hybridized carbons (Fsp3) is 0.375. The van der Waals surface area contributed by atoms with Crippen LogP contribution in [0.5, 0.6) is 0 Å². The summed E-state index contributed by atoms with van der Waals surface area (Å²) >= 11 is 0. The molecule has 2 aromatic rings. The minimum absolute atomic E-state index is 0.0596. The molecule has 0 spiro atoms. The van der Waals surface area contributed by atoms with Crippen molar-refractivity contribution in [1.29, 1.82) is 0 Å². The largest absolute Gasteiger partial charge is 0.441 e. The van der Waals surface area contributed by atoms with Crippen LogP contribution in [0.3, 0.4) is 0 Å². The van der Waals surface area contributed by atoms with Gasteiger partial charge in [-0.05, 0) is 24.6 Å². The van der Waals surface area contributed by atoms with Crippen molar-refractivity contribution in [3.8, 4) is 0 Å². The van der Waals surface area contributed by atoms with E-state index in [0.717, 1.165) is 18.4 Å². The molecule has 4 nitrogen and oxygen atoms in total. The molecule has 2 heterocycles. The standard InChI is InChI=1S/C16H18N2O2/c1-3-5-13-6-4-9-18(13)16(19)12-7-8-14-15(10-12)20-11(2)17-14/h4,6-8,10,13H,3,5,9H2,1-2H3/t13-/m0/s1. The van der Waals surface area contributed by atoms with E-state index >= 15 is 0 Å². The molecule has 20 heavy (non-hydrogen) atoms. The van der Waals surface area contributed by atoms with Gasteiger partial charge < -0.3 is 9.32 Å². The number of hydrogen-bond donors (Lipinski definition) is 0. The van der Waals surface area contributed by atoms with Gasteiger partial charge in [-0.15, -0.1) is 0 Å². The zero-order valence-electron chi connectivity index (χ0n) is 11.8. The number of carbonyl (C=O) groups is 1. The number of fused-ring (bicyclic) bond motifs is 1. The van der Waals surface area contributed by atoms with Crippen molar-refractivity contribution in [2.75, 3.05) is 6.54 Å². The van der Waals surface area contributed by atoms with Crippen molar-refractivity contribution in [3.05, 3.63) is 41.8 Å². The predicted molar refractivity (Wildman–Crippen MR) is 77.6 cm³/mol. The van der Waals surface area contributed by atoms with Gasteiger partial charge in [-0.1, -0.05) is 25.5 Å². The fourth-order valence-corrected chi connectivity index (χ4v) is 2.69. The molecule has 0 aliphatic carbocycles.